The second-order valence-electron chi connectivity index (χ2n) is 7.28. The van der Waals surface area contributed by atoms with Gasteiger partial charge < -0.3 is 20.9 Å². The van der Waals surface area contributed by atoms with Crippen LogP contribution in [0.15, 0.2) is 0 Å². The summed E-state index contributed by atoms with van der Waals surface area (Å²) in [4.78, 5) is 20.4. The second kappa shape index (κ2) is 25.5. The van der Waals surface area contributed by atoms with Gasteiger partial charge in [-0.3, -0.25) is 0 Å². The van der Waals surface area contributed by atoms with Crippen LogP contribution < -0.4 is 11.5 Å². The number of carbonyl (C=O) groups excluding carboxylic acids is 2. The molecule has 0 radical (unpaired) electrons. The Bertz CT molecular complexity index is 306. The Hall–Kier alpha value is -1.46. The Kier molecular flexibility index (Phi) is 26.2. The van der Waals surface area contributed by atoms with E-state index in [9.17, 15) is 9.59 Å². The van der Waals surface area contributed by atoms with Crippen molar-refractivity contribution in [1.82, 2.24) is 0 Å². The van der Waals surface area contributed by atoms with E-state index < -0.39 is 12.2 Å². The zero-order valence-corrected chi connectivity index (χ0v) is 18.5. The topological polar surface area (TPSA) is 105 Å². The predicted octanol–water partition coefficient (Wildman–Crippen LogP) is 6.44. The Balaban J connectivity index is 0. The van der Waals surface area contributed by atoms with Crippen molar-refractivity contribution in [3.05, 3.63) is 0 Å². The maximum Gasteiger partial charge on any atom is 0.404 e. The molecule has 0 aromatic rings. The first-order valence-electron chi connectivity index (χ1n) is 11.4. The van der Waals surface area contributed by atoms with Gasteiger partial charge in [0.1, 0.15) is 0 Å². The Morgan fingerprint density at radius 1 is 0.500 bits per heavy atom. The number of primary amides is 2. The van der Waals surface area contributed by atoms with Gasteiger partial charge in [-0.25, -0.2) is 9.59 Å². The summed E-state index contributed by atoms with van der Waals surface area (Å²) in [7, 11) is 0. The molecule has 0 aromatic heterocycles. The van der Waals surface area contributed by atoms with Crippen molar-refractivity contribution in [2.45, 2.75) is 117 Å². The summed E-state index contributed by atoms with van der Waals surface area (Å²) in [6.45, 7) is 5.40. The smallest absolute Gasteiger partial charge is 0.404 e. The van der Waals surface area contributed by atoms with Crippen molar-refractivity contribution >= 4 is 12.2 Å². The molecule has 0 aliphatic carbocycles. The molecule has 0 rings (SSSR count). The normalized spacial score (nSPS) is 10.1. The lowest BCUT2D eigenvalue weighted by molar-refractivity contribution is 0.153. The Labute approximate surface area is 173 Å². The van der Waals surface area contributed by atoms with E-state index >= 15 is 0 Å². The van der Waals surface area contributed by atoms with Crippen LogP contribution in [0.25, 0.3) is 0 Å². The van der Waals surface area contributed by atoms with E-state index in [1.165, 1.54) is 77.0 Å². The number of carbonyl (C=O) groups is 2. The molecular formula is C22H46N2O4. The average molecular weight is 403 g/mol. The highest BCUT2D eigenvalue weighted by atomic mass is 16.5. The zero-order valence-electron chi connectivity index (χ0n) is 18.5. The van der Waals surface area contributed by atoms with Crippen LogP contribution in [0.4, 0.5) is 9.59 Å². The van der Waals surface area contributed by atoms with E-state index in [4.69, 9.17) is 11.5 Å². The van der Waals surface area contributed by atoms with Gasteiger partial charge in [-0.05, 0) is 12.8 Å². The van der Waals surface area contributed by atoms with E-state index in [-0.39, 0.29) is 0 Å². The van der Waals surface area contributed by atoms with Gasteiger partial charge in [0, 0.05) is 0 Å². The van der Waals surface area contributed by atoms with Crippen LogP contribution in [0.1, 0.15) is 117 Å². The fraction of sp³-hybridized carbons (Fsp3) is 0.909. The molecule has 4 N–H and O–H groups in total. The van der Waals surface area contributed by atoms with Crippen LogP contribution in [-0.2, 0) is 9.47 Å². The molecule has 0 aliphatic rings. The summed E-state index contributed by atoms with van der Waals surface area (Å²) in [6.07, 6.45) is 18.6. The third-order valence-electron chi connectivity index (χ3n) is 4.48. The molecule has 0 atom stereocenters. The van der Waals surface area contributed by atoms with Gasteiger partial charge in [-0.15, -0.1) is 0 Å². The number of ether oxygens (including phenoxy) is 2. The van der Waals surface area contributed by atoms with Crippen molar-refractivity contribution in [3.63, 3.8) is 0 Å². The highest BCUT2D eigenvalue weighted by Crippen LogP contribution is 2.09. The Morgan fingerprint density at radius 3 is 1.00 bits per heavy atom. The van der Waals surface area contributed by atoms with Crippen molar-refractivity contribution in [2.24, 2.45) is 11.5 Å². The summed E-state index contributed by atoms with van der Waals surface area (Å²) in [5, 5.41) is 0. The van der Waals surface area contributed by atoms with Crippen LogP contribution in [0.3, 0.4) is 0 Å². The minimum absolute atomic E-state index is 0.476. The number of hydrogen-bond donors (Lipinski definition) is 2. The maximum atomic E-state index is 10.2. The number of hydrogen-bond acceptors (Lipinski definition) is 4. The molecule has 0 spiro atoms. The first-order chi connectivity index (χ1) is 13.5. The van der Waals surface area contributed by atoms with Gasteiger partial charge in [0.2, 0.25) is 0 Å². The fourth-order valence-electron chi connectivity index (χ4n) is 2.82. The van der Waals surface area contributed by atoms with Crippen LogP contribution in [-0.4, -0.2) is 25.4 Å². The molecule has 0 unspecified atom stereocenters. The number of amides is 2. The molecule has 6 nitrogen and oxygen atoms in total. The van der Waals surface area contributed by atoms with Crippen molar-refractivity contribution in [2.75, 3.05) is 13.2 Å². The minimum Gasteiger partial charge on any atom is -0.450 e. The van der Waals surface area contributed by atoms with Gasteiger partial charge in [-0.1, -0.05) is 104 Å². The highest BCUT2D eigenvalue weighted by Gasteiger charge is 1.95. The quantitative estimate of drug-likeness (QED) is 0.257. The van der Waals surface area contributed by atoms with E-state index in [1.54, 1.807) is 0 Å². The van der Waals surface area contributed by atoms with Gasteiger partial charge >= 0.3 is 12.2 Å². The van der Waals surface area contributed by atoms with Crippen LogP contribution in [0.2, 0.25) is 0 Å². The van der Waals surface area contributed by atoms with E-state index in [0.29, 0.717) is 13.2 Å². The first kappa shape index (κ1) is 28.7. The lowest BCUT2D eigenvalue weighted by Crippen LogP contribution is -2.13. The van der Waals surface area contributed by atoms with E-state index in [1.807, 2.05) is 0 Å². The molecule has 0 aliphatic heterocycles. The molecule has 0 aromatic carbocycles. The molecule has 168 valence electrons. The molecule has 28 heavy (non-hydrogen) atoms. The van der Waals surface area contributed by atoms with Crippen LogP contribution in [0.5, 0.6) is 0 Å². The third-order valence-corrected chi connectivity index (χ3v) is 4.48. The lowest BCUT2D eigenvalue weighted by atomic mass is 10.1. The number of rotatable bonds is 18. The molecule has 0 fully saturated rings. The maximum absolute atomic E-state index is 10.2. The summed E-state index contributed by atoms with van der Waals surface area (Å²) >= 11 is 0. The minimum atomic E-state index is -0.659. The Morgan fingerprint density at radius 2 is 0.750 bits per heavy atom. The molecule has 0 bridgehead atoms. The lowest BCUT2D eigenvalue weighted by Gasteiger charge is -2.01. The predicted molar refractivity (Wildman–Crippen MR) is 116 cm³/mol. The summed E-state index contributed by atoms with van der Waals surface area (Å²) in [6, 6.07) is 0. The highest BCUT2D eigenvalue weighted by molar-refractivity contribution is 5.64. The third kappa shape index (κ3) is 32.2. The van der Waals surface area contributed by atoms with Gasteiger partial charge in [0.15, 0.2) is 0 Å². The standard InChI is InChI=1S/2C11H23NO2/c2*1-2-3-4-5-6-7-8-9-10-14-11(12)13/h2*2-10H2,1H3,(H2,12,13). The monoisotopic (exact) mass is 402 g/mol. The van der Waals surface area contributed by atoms with Gasteiger partial charge in [0.05, 0.1) is 13.2 Å². The fourth-order valence-corrected chi connectivity index (χ4v) is 2.82. The number of unbranched alkanes of at least 4 members (excludes halogenated alkanes) is 14. The molecule has 2 amide bonds. The van der Waals surface area contributed by atoms with Crippen LogP contribution in [0, 0.1) is 0 Å². The van der Waals surface area contributed by atoms with E-state index in [0.717, 1.165) is 25.7 Å². The average Bonchev–Trinajstić information content (AvgIpc) is 2.65. The van der Waals surface area contributed by atoms with E-state index in [2.05, 4.69) is 23.3 Å². The van der Waals surface area contributed by atoms with Gasteiger partial charge in [-0.2, -0.15) is 0 Å². The van der Waals surface area contributed by atoms with Crippen molar-refractivity contribution < 1.29 is 19.1 Å². The second-order valence-corrected chi connectivity index (χ2v) is 7.28. The SMILES string of the molecule is CCCCCCCCCCOC(N)=O.CCCCCCCCCCOC(N)=O. The number of nitrogens with two attached hydrogens (primary N) is 2. The van der Waals surface area contributed by atoms with Crippen molar-refractivity contribution in [3.8, 4) is 0 Å². The molecule has 0 saturated heterocycles. The summed E-state index contributed by atoms with van der Waals surface area (Å²) < 4.78 is 9.25. The van der Waals surface area contributed by atoms with Crippen LogP contribution >= 0.6 is 0 Å². The molecule has 6 heteroatoms. The molecular weight excluding hydrogens is 356 g/mol. The molecule has 0 saturated carbocycles. The summed E-state index contributed by atoms with van der Waals surface area (Å²) in [5.74, 6) is 0. The largest absolute Gasteiger partial charge is 0.450 e. The van der Waals surface area contributed by atoms with Crippen molar-refractivity contribution in [1.29, 1.82) is 0 Å². The molecule has 0 heterocycles. The van der Waals surface area contributed by atoms with Gasteiger partial charge in [0.25, 0.3) is 0 Å². The summed E-state index contributed by atoms with van der Waals surface area (Å²) in [5.41, 5.74) is 9.65. The zero-order chi connectivity index (χ0) is 21.3. The first-order valence-corrected chi connectivity index (χ1v) is 11.4.